The van der Waals surface area contributed by atoms with Crippen molar-refractivity contribution >= 4 is 35.0 Å². The molecule has 0 spiro atoms. The first-order chi connectivity index (χ1) is 12.9. The summed E-state index contributed by atoms with van der Waals surface area (Å²) in [6, 6.07) is 4.97. The van der Waals surface area contributed by atoms with Gasteiger partial charge in [-0.2, -0.15) is 8.75 Å². The number of amides is 1. The number of aromatic nitrogens is 2. The zero-order valence-electron chi connectivity index (χ0n) is 15.7. The Balaban J connectivity index is 1.70. The van der Waals surface area contributed by atoms with E-state index in [1.54, 1.807) is 32.3 Å². The molecule has 27 heavy (non-hydrogen) atoms. The summed E-state index contributed by atoms with van der Waals surface area (Å²) in [7, 11) is 3.27. The number of nitrogens with zero attached hydrogens (tertiary/aromatic N) is 3. The molecule has 0 aliphatic carbocycles. The number of benzene rings is 1. The second-order valence-corrected chi connectivity index (χ2v) is 7.18. The maximum absolute atomic E-state index is 12.2. The highest BCUT2D eigenvalue weighted by Crippen LogP contribution is 2.33. The molecule has 3 N–H and O–H groups in total. The number of hydrogen-bond acceptors (Lipinski definition) is 8. The van der Waals surface area contributed by atoms with Crippen LogP contribution in [-0.4, -0.2) is 51.4 Å². The number of aromatic hydroxyl groups is 1. The van der Waals surface area contributed by atoms with Crippen molar-refractivity contribution in [1.82, 2.24) is 13.6 Å². The smallest absolute Gasteiger partial charge is 0.257 e. The first kappa shape index (κ1) is 19.0. The van der Waals surface area contributed by atoms with E-state index in [9.17, 15) is 9.90 Å². The maximum atomic E-state index is 12.2. The third-order valence-electron chi connectivity index (χ3n) is 4.39. The van der Waals surface area contributed by atoms with Crippen LogP contribution in [-0.2, 0) is 4.74 Å². The van der Waals surface area contributed by atoms with Gasteiger partial charge in [0, 0.05) is 20.5 Å². The minimum absolute atomic E-state index is 0.0639. The molecule has 1 aliphatic rings. The number of hydrogen-bond donors (Lipinski definition) is 3. The Morgan fingerprint density at radius 2 is 2.07 bits per heavy atom. The predicted molar refractivity (Wildman–Crippen MR) is 106 cm³/mol. The van der Waals surface area contributed by atoms with Crippen LogP contribution >= 0.6 is 11.7 Å². The van der Waals surface area contributed by atoms with Crippen molar-refractivity contribution in [2.45, 2.75) is 26.4 Å². The van der Waals surface area contributed by atoms with Gasteiger partial charge < -0.3 is 25.4 Å². The summed E-state index contributed by atoms with van der Waals surface area (Å²) in [5.41, 5.74) is 1.87. The van der Waals surface area contributed by atoms with E-state index in [1.807, 2.05) is 6.92 Å². The molecular formula is C18H23N5O3S. The summed E-state index contributed by atoms with van der Waals surface area (Å²) in [5.74, 6) is 1.65. The van der Waals surface area contributed by atoms with Gasteiger partial charge in [0.05, 0.1) is 35.3 Å². The molecule has 2 aromatic rings. The van der Waals surface area contributed by atoms with Crippen LogP contribution in [0.25, 0.3) is 0 Å². The topological polar surface area (TPSA) is 99.6 Å². The van der Waals surface area contributed by atoms with Gasteiger partial charge in [-0.25, -0.2) is 0 Å². The molecule has 1 atom stereocenters. The highest BCUT2D eigenvalue weighted by molar-refractivity contribution is 6.99. The Hall–Kier alpha value is -2.81. The van der Waals surface area contributed by atoms with E-state index in [2.05, 4.69) is 26.3 Å². The monoisotopic (exact) mass is 389 g/mol. The van der Waals surface area contributed by atoms with Gasteiger partial charge in [0.15, 0.2) is 17.4 Å². The first-order valence-electron chi connectivity index (χ1n) is 8.57. The molecular weight excluding hydrogens is 366 g/mol. The van der Waals surface area contributed by atoms with Gasteiger partial charge in [0.25, 0.3) is 5.91 Å². The van der Waals surface area contributed by atoms with Crippen molar-refractivity contribution in [2.24, 2.45) is 0 Å². The van der Waals surface area contributed by atoms with Gasteiger partial charge >= 0.3 is 0 Å². The highest BCUT2D eigenvalue weighted by Gasteiger charge is 2.22. The van der Waals surface area contributed by atoms with Crippen LogP contribution in [0.1, 0.15) is 30.6 Å². The van der Waals surface area contributed by atoms with Gasteiger partial charge in [-0.15, -0.1) is 0 Å². The second-order valence-electron chi connectivity index (χ2n) is 6.65. The van der Waals surface area contributed by atoms with Gasteiger partial charge in [0.2, 0.25) is 0 Å². The van der Waals surface area contributed by atoms with E-state index in [4.69, 9.17) is 4.74 Å². The summed E-state index contributed by atoms with van der Waals surface area (Å²) in [6.45, 7) is 4.63. The molecule has 1 aromatic carbocycles. The molecule has 0 saturated heterocycles. The number of ether oxygens (including phenoxy) is 1. The Labute approximate surface area is 162 Å². The molecule has 3 rings (SSSR count). The SMILES string of the molecule is CC1=C(C)OC(CNc2nsnc2Nc2cccc(C(=O)N(C)C)c2O)C1. The van der Waals surface area contributed by atoms with Crippen molar-refractivity contribution in [2.75, 3.05) is 31.3 Å². The van der Waals surface area contributed by atoms with Crippen LogP contribution in [0.15, 0.2) is 29.5 Å². The highest BCUT2D eigenvalue weighted by atomic mass is 32.1. The molecule has 1 aliphatic heterocycles. The lowest BCUT2D eigenvalue weighted by molar-refractivity contribution is 0.0824. The van der Waals surface area contributed by atoms with Crippen molar-refractivity contribution < 1.29 is 14.6 Å². The Morgan fingerprint density at radius 3 is 2.74 bits per heavy atom. The molecule has 0 fully saturated rings. The van der Waals surface area contributed by atoms with Gasteiger partial charge in [-0.1, -0.05) is 6.07 Å². The van der Waals surface area contributed by atoms with Crippen LogP contribution in [0.2, 0.25) is 0 Å². The minimum atomic E-state index is -0.275. The third kappa shape index (κ3) is 4.13. The number of allylic oxidation sites excluding steroid dienone is 1. The van der Waals surface area contributed by atoms with E-state index in [0.29, 0.717) is 23.9 Å². The van der Waals surface area contributed by atoms with Crippen LogP contribution in [0.5, 0.6) is 5.75 Å². The van der Waals surface area contributed by atoms with Gasteiger partial charge in [0.1, 0.15) is 6.10 Å². The summed E-state index contributed by atoms with van der Waals surface area (Å²) >= 11 is 1.06. The van der Waals surface area contributed by atoms with Gasteiger partial charge in [-0.05, 0) is 31.6 Å². The van der Waals surface area contributed by atoms with Crippen LogP contribution in [0.3, 0.4) is 0 Å². The number of carbonyl (C=O) groups excluding carboxylic acids is 1. The average molecular weight is 389 g/mol. The normalized spacial score (nSPS) is 16.2. The van der Waals surface area contributed by atoms with E-state index in [1.165, 1.54) is 10.5 Å². The number of anilines is 3. The lowest BCUT2D eigenvalue weighted by atomic mass is 10.1. The quantitative estimate of drug-likeness (QED) is 0.653. The summed E-state index contributed by atoms with van der Waals surface area (Å²) in [4.78, 5) is 13.6. The second kappa shape index (κ2) is 7.83. The predicted octanol–water partition coefficient (Wildman–Crippen LogP) is 3.18. The molecule has 2 heterocycles. The van der Waals surface area contributed by atoms with Crippen molar-refractivity contribution in [3.8, 4) is 5.75 Å². The van der Waals surface area contributed by atoms with E-state index >= 15 is 0 Å². The van der Waals surface area contributed by atoms with Gasteiger partial charge in [-0.3, -0.25) is 4.79 Å². The molecule has 1 amide bonds. The summed E-state index contributed by atoms with van der Waals surface area (Å²) in [5, 5.41) is 16.7. The molecule has 144 valence electrons. The van der Waals surface area contributed by atoms with Crippen molar-refractivity contribution in [3.05, 3.63) is 35.1 Å². The van der Waals surface area contributed by atoms with Crippen LogP contribution in [0.4, 0.5) is 17.3 Å². The zero-order valence-corrected chi connectivity index (χ0v) is 16.6. The standard InChI is InChI=1S/C18H23N5O3S/c1-10-8-12(26-11(10)2)9-19-16-17(22-27-21-16)20-14-7-5-6-13(15(14)24)18(25)23(3)4/h5-7,12,24H,8-9H2,1-4H3,(H,19,21)(H,20,22). The van der Waals surface area contributed by atoms with Crippen LogP contribution in [0, 0.1) is 0 Å². The molecule has 9 heteroatoms. The Morgan fingerprint density at radius 1 is 1.33 bits per heavy atom. The maximum Gasteiger partial charge on any atom is 0.257 e. The van der Waals surface area contributed by atoms with Crippen molar-refractivity contribution in [3.63, 3.8) is 0 Å². The van der Waals surface area contributed by atoms with Crippen LogP contribution < -0.4 is 10.6 Å². The molecule has 8 nitrogen and oxygen atoms in total. The van der Waals surface area contributed by atoms with Crippen molar-refractivity contribution in [1.29, 1.82) is 0 Å². The van der Waals surface area contributed by atoms with E-state index in [0.717, 1.165) is 23.9 Å². The molecule has 1 unspecified atom stereocenters. The summed E-state index contributed by atoms with van der Waals surface area (Å²) in [6.07, 6.45) is 0.947. The number of rotatable bonds is 6. The van der Waals surface area contributed by atoms with E-state index in [-0.39, 0.29) is 23.3 Å². The number of para-hydroxylation sites is 1. The molecule has 1 aromatic heterocycles. The molecule has 0 radical (unpaired) electrons. The number of carbonyl (C=O) groups is 1. The minimum Gasteiger partial charge on any atom is -0.505 e. The fourth-order valence-corrected chi connectivity index (χ4v) is 3.26. The fraction of sp³-hybridized carbons (Fsp3) is 0.389. The fourth-order valence-electron chi connectivity index (χ4n) is 2.77. The molecule has 0 saturated carbocycles. The number of phenolic OH excluding ortho intramolecular Hbond substituents is 1. The lowest BCUT2D eigenvalue weighted by Crippen LogP contribution is -2.21. The van der Waals surface area contributed by atoms with E-state index < -0.39 is 0 Å². The largest absolute Gasteiger partial charge is 0.505 e. The number of phenols is 1. The Bertz CT molecular complexity index is 864. The number of nitrogens with one attached hydrogen (secondary N) is 2. The lowest BCUT2D eigenvalue weighted by Gasteiger charge is -2.15. The summed E-state index contributed by atoms with van der Waals surface area (Å²) < 4.78 is 14.3. The average Bonchev–Trinajstić information content (AvgIpc) is 3.20. The molecule has 0 bridgehead atoms. The zero-order chi connectivity index (χ0) is 19.6. The third-order valence-corrected chi connectivity index (χ3v) is 4.92. The first-order valence-corrected chi connectivity index (χ1v) is 9.30. The Kier molecular flexibility index (Phi) is 5.50.